The Labute approximate surface area is 124 Å². The molecule has 5 heteroatoms. The highest BCUT2D eigenvalue weighted by Gasteiger charge is 2.46. The quantitative estimate of drug-likeness (QED) is 0.866. The highest BCUT2D eigenvalue weighted by molar-refractivity contribution is 5.66. The van der Waals surface area contributed by atoms with Crippen molar-refractivity contribution in [2.45, 2.75) is 51.4 Å². The van der Waals surface area contributed by atoms with Crippen LogP contribution in [0.2, 0.25) is 0 Å². The van der Waals surface area contributed by atoms with E-state index in [1.54, 1.807) is 12.4 Å². The number of hydrogen-bond acceptors (Lipinski definition) is 5. The molecule has 21 heavy (non-hydrogen) atoms. The topological polar surface area (TPSA) is 74.4 Å². The molecule has 2 aliphatic rings. The molecule has 0 aromatic carbocycles. The number of carbonyl (C=O) groups excluding carboxylic acids is 1. The first kappa shape index (κ1) is 14.3. The largest absolute Gasteiger partial charge is 0.459 e. The van der Waals surface area contributed by atoms with Gasteiger partial charge in [0, 0.05) is 18.7 Å². The molecule has 4 atom stereocenters. The van der Waals surface area contributed by atoms with Gasteiger partial charge in [-0.15, -0.1) is 0 Å². The fraction of sp³-hybridized carbons (Fsp3) is 0.625. The zero-order valence-electron chi connectivity index (χ0n) is 12.5. The van der Waals surface area contributed by atoms with E-state index in [0.29, 0.717) is 11.6 Å². The Kier molecular flexibility index (Phi) is 3.85. The number of pyridine rings is 1. The van der Waals surface area contributed by atoms with Crippen LogP contribution in [0.1, 0.15) is 44.8 Å². The number of hydrogen-bond donors (Lipinski definition) is 1. The van der Waals surface area contributed by atoms with Gasteiger partial charge in [-0.2, -0.15) is 0 Å². The molecular formula is C16H22N2O3. The summed E-state index contributed by atoms with van der Waals surface area (Å²) in [6.07, 6.45) is 6.29. The fourth-order valence-electron chi connectivity index (χ4n) is 3.21. The molecule has 2 N–H and O–H groups in total. The Morgan fingerprint density at radius 1 is 1.48 bits per heavy atom. The third kappa shape index (κ3) is 3.02. The molecule has 1 aliphatic carbocycles. The standard InChI is InChI=1S/C16H22N2O3/c1-9-7-14(12-5-6-18-8-13(12)17)21-16(11-3-4-11)15(9)20-10(2)19/h5-6,8-9,11,14-16H,3-4,7,17H2,1-2H3/t9-,14-,15+,16-/m0/s1. The van der Waals surface area contributed by atoms with Gasteiger partial charge in [-0.25, -0.2) is 0 Å². The maximum atomic E-state index is 11.3. The Bertz CT molecular complexity index is 530. The van der Waals surface area contributed by atoms with Crippen LogP contribution in [-0.4, -0.2) is 23.2 Å². The van der Waals surface area contributed by atoms with Crippen molar-refractivity contribution in [3.63, 3.8) is 0 Å². The van der Waals surface area contributed by atoms with Gasteiger partial charge >= 0.3 is 5.97 Å². The average Bonchev–Trinajstić information content (AvgIpc) is 3.25. The predicted molar refractivity (Wildman–Crippen MR) is 78.3 cm³/mol. The molecule has 0 amide bonds. The van der Waals surface area contributed by atoms with Gasteiger partial charge in [0.1, 0.15) is 6.10 Å². The van der Waals surface area contributed by atoms with Crippen molar-refractivity contribution in [1.29, 1.82) is 0 Å². The maximum Gasteiger partial charge on any atom is 0.303 e. The Morgan fingerprint density at radius 3 is 2.86 bits per heavy atom. The van der Waals surface area contributed by atoms with Crippen LogP contribution in [0, 0.1) is 11.8 Å². The normalized spacial score (nSPS) is 32.7. The molecule has 1 aliphatic heterocycles. The zero-order chi connectivity index (χ0) is 15.0. The fourth-order valence-corrected chi connectivity index (χ4v) is 3.21. The van der Waals surface area contributed by atoms with Crippen LogP contribution < -0.4 is 5.73 Å². The number of ether oxygens (including phenoxy) is 2. The van der Waals surface area contributed by atoms with Crippen molar-refractivity contribution in [3.05, 3.63) is 24.0 Å². The summed E-state index contributed by atoms with van der Waals surface area (Å²) in [5.41, 5.74) is 7.67. The summed E-state index contributed by atoms with van der Waals surface area (Å²) in [6.45, 7) is 3.58. The van der Waals surface area contributed by atoms with Crippen LogP contribution >= 0.6 is 0 Å². The molecule has 0 spiro atoms. The Balaban J connectivity index is 1.81. The van der Waals surface area contributed by atoms with Crippen LogP contribution in [0.15, 0.2) is 18.5 Å². The minimum atomic E-state index is -0.233. The first-order valence-corrected chi connectivity index (χ1v) is 7.58. The van der Waals surface area contributed by atoms with E-state index in [0.717, 1.165) is 24.8 Å². The van der Waals surface area contributed by atoms with Gasteiger partial charge in [0.25, 0.3) is 0 Å². The van der Waals surface area contributed by atoms with Crippen molar-refractivity contribution in [2.75, 3.05) is 5.73 Å². The van der Waals surface area contributed by atoms with E-state index in [4.69, 9.17) is 15.2 Å². The maximum absolute atomic E-state index is 11.3. The summed E-state index contributed by atoms with van der Waals surface area (Å²) in [5.74, 6) is 0.524. The van der Waals surface area contributed by atoms with Gasteiger partial charge in [-0.3, -0.25) is 9.78 Å². The number of nitrogen functional groups attached to an aromatic ring is 1. The van der Waals surface area contributed by atoms with Gasteiger partial charge in [0.15, 0.2) is 0 Å². The lowest BCUT2D eigenvalue weighted by Crippen LogP contribution is -2.45. The van der Waals surface area contributed by atoms with Crippen molar-refractivity contribution in [3.8, 4) is 0 Å². The van der Waals surface area contributed by atoms with E-state index in [1.807, 2.05) is 6.07 Å². The summed E-state index contributed by atoms with van der Waals surface area (Å²) < 4.78 is 11.8. The van der Waals surface area contributed by atoms with Crippen molar-refractivity contribution in [1.82, 2.24) is 4.98 Å². The minimum absolute atomic E-state index is 0.0183. The molecule has 1 saturated carbocycles. The number of aromatic nitrogens is 1. The van der Waals surface area contributed by atoms with Gasteiger partial charge in [0.2, 0.25) is 0 Å². The van der Waals surface area contributed by atoms with Crippen LogP contribution in [0.25, 0.3) is 0 Å². The molecule has 114 valence electrons. The lowest BCUT2D eigenvalue weighted by molar-refractivity contribution is -0.185. The summed E-state index contributed by atoms with van der Waals surface area (Å²) >= 11 is 0. The van der Waals surface area contributed by atoms with Crippen molar-refractivity contribution in [2.24, 2.45) is 11.8 Å². The monoisotopic (exact) mass is 290 g/mol. The molecular weight excluding hydrogens is 268 g/mol. The first-order valence-electron chi connectivity index (χ1n) is 7.58. The van der Waals surface area contributed by atoms with Crippen molar-refractivity contribution >= 4 is 11.7 Å². The molecule has 1 aromatic rings. The summed E-state index contributed by atoms with van der Waals surface area (Å²) in [6, 6.07) is 1.92. The Morgan fingerprint density at radius 2 is 2.24 bits per heavy atom. The summed E-state index contributed by atoms with van der Waals surface area (Å²) in [4.78, 5) is 15.4. The second-order valence-corrected chi connectivity index (χ2v) is 6.22. The smallest absolute Gasteiger partial charge is 0.303 e. The second kappa shape index (κ2) is 5.64. The second-order valence-electron chi connectivity index (χ2n) is 6.22. The van der Waals surface area contributed by atoms with Crippen LogP contribution in [0.4, 0.5) is 5.69 Å². The van der Waals surface area contributed by atoms with Gasteiger partial charge in [-0.1, -0.05) is 6.92 Å². The summed E-state index contributed by atoms with van der Waals surface area (Å²) in [7, 11) is 0. The highest BCUT2D eigenvalue weighted by Crippen LogP contribution is 2.46. The zero-order valence-corrected chi connectivity index (χ0v) is 12.5. The van der Waals surface area contributed by atoms with Crippen LogP contribution in [0.5, 0.6) is 0 Å². The Hall–Kier alpha value is -1.62. The van der Waals surface area contributed by atoms with E-state index in [1.165, 1.54) is 6.92 Å². The van der Waals surface area contributed by atoms with Gasteiger partial charge < -0.3 is 15.2 Å². The van der Waals surface area contributed by atoms with Crippen molar-refractivity contribution < 1.29 is 14.3 Å². The van der Waals surface area contributed by atoms with Gasteiger partial charge in [0.05, 0.1) is 24.1 Å². The molecule has 2 fully saturated rings. The number of esters is 1. The molecule has 1 aromatic heterocycles. The minimum Gasteiger partial charge on any atom is -0.459 e. The molecule has 2 heterocycles. The molecule has 0 bridgehead atoms. The van der Waals surface area contributed by atoms with E-state index in [2.05, 4.69) is 11.9 Å². The van der Waals surface area contributed by atoms with Crippen LogP contribution in [0.3, 0.4) is 0 Å². The number of anilines is 1. The molecule has 0 unspecified atom stereocenters. The van der Waals surface area contributed by atoms with E-state index in [-0.39, 0.29) is 30.2 Å². The third-order valence-corrected chi connectivity index (χ3v) is 4.41. The molecule has 3 rings (SSSR count). The van der Waals surface area contributed by atoms with E-state index < -0.39 is 0 Å². The molecule has 0 radical (unpaired) electrons. The lowest BCUT2D eigenvalue weighted by atomic mass is 9.86. The van der Waals surface area contributed by atoms with Gasteiger partial charge in [-0.05, 0) is 37.2 Å². The van der Waals surface area contributed by atoms with E-state index >= 15 is 0 Å². The predicted octanol–water partition coefficient (Wildman–Crippen LogP) is 2.47. The molecule has 5 nitrogen and oxygen atoms in total. The van der Waals surface area contributed by atoms with E-state index in [9.17, 15) is 4.79 Å². The van der Waals surface area contributed by atoms with Crippen LogP contribution in [-0.2, 0) is 14.3 Å². The number of rotatable bonds is 3. The highest BCUT2D eigenvalue weighted by atomic mass is 16.6. The summed E-state index contributed by atoms with van der Waals surface area (Å²) in [5, 5.41) is 0. The molecule has 1 saturated heterocycles. The number of nitrogens with two attached hydrogens (primary N) is 1. The first-order chi connectivity index (χ1) is 10.1. The number of nitrogens with zero attached hydrogens (tertiary/aromatic N) is 1. The average molecular weight is 290 g/mol. The third-order valence-electron chi connectivity index (χ3n) is 4.41. The lowest BCUT2D eigenvalue weighted by Gasteiger charge is -2.40. The number of carbonyl (C=O) groups is 1. The SMILES string of the molecule is CC(=O)O[C@@H]1[C@@H](C)C[C@@H](c2ccncc2N)O[C@H]1C1CC1.